The molecule has 1 atom stereocenters. The number of rotatable bonds is 5. The second kappa shape index (κ2) is 6.97. The van der Waals surface area contributed by atoms with Crippen molar-refractivity contribution in [3.63, 3.8) is 0 Å². The number of ether oxygens (including phenoxy) is 1. The quantitative estimate of drug-likeness (QED) is 0.751. The molecule has 0 spiro atoms. The van der Waals surface area contributed by atoms with Gasteiger partial charge in [-0.15, -0.1) is 0 Å². The predicted octanol–water partition coefficient (Wildman–Crippen LogP) is 0.919. The highest BCUT2D eigenvalue weighted by molar-refractivity contribution is 5.75. The van der Waals surface area contributed by atoms with Gasteiger partial charge in [0.15, 0.2) is 0 Å². The maximum absolute atomic E-state index is 11.7. The second-order valence-corrected chi connectivity index (χ2v) is 5.26. The first kappa shape index (κ1) is 12.8. The van der Waals surface area contributed by atoms with Crippen LogP contribution in [0.4, 0.5) is 0 Å². The number of hydrogen-bond acceptors (Lipinski definition) is 3. The molecular formula is C13H24N2O2. The molecule has 2 saturated heterocycles. The van der Waals surface area contributed by atoms with Crippen molar-refractivity contribution in [2.75, 3.05) is 32.8 Å². The van der Waals surface area contributed by atoms with E-state index in [-0.39, 0.29) is 5.91 Å². The third-order valence-electron chi connectivity index (χ3n) is 3.87. The van der Waals surface area contributed by atoms with E-state index < -0.39 is 0 Å². The van der Waals surface area contributed by atoms with Crippen molar-refractivity contribution in [1.82, 2.24) is 10.6 Å². The summed E-state index contributed by atoms with van der Waals surface area (Å²) < 4.78 is 5.31. The van der Waals surface area contributed by atoms with E-state index in [0.717, 1.165) is 52.1 Å². The van der Waals surface area contributed by atoms with Crippen molar-refractivity contribution < 1.29 is 9.53 Å². The van der Waals surface area contributed by atoms with Gasteiger partial charge in [-0.05, 0) is 50.6 Å². The average molecular weight is 240 g/mol. The molecule has 0 saturated carbocycles. The summed E-state index contributed by atoms with van der Waals surface area (Å²) in [6.07, 6.45) is 5.16. The standard InChI is InChI=1S/C13H24N2O2/c16-13(15-10-12-3-6-14-9-12)2-1-11-4-7-17-8-5-11/h11-12,14H,1-10H2,(H,15,16). The molecule has 2 aliphatic rings. The molecule has 0 radical (unpaired) electrons. The van der Waals surface area contributed by atoms with Gasteiger partial charge in [0.1, 0.15) is 0 Å². The molecule has 0 aliphatic carbocycles. The van der Waals surface area contributed by atoms with Crippen molar-refractivity contribution >= 4 is 5.91 Å². The van der Waals surface area contributed by atoms with Crippen LogP contribution in [-0.4, -0.2) is 38.8 Å². The first-order chi connectivity index (χ1) is 8.34. The van der Waals surface area contributed by atoms with Crippen LogP contribution < -0.4 is 10.6 Å². The van der Waals surface area contributed by atoms with Crippen molar-refractivity contribution in [2.24, 2.45) is 11.8 Å². The lowest BCUT2D eigenvalue weighted by atomic mass is 9.95. The fourth-order valence-corrected chi connectivity index (χ4v) is 2.61. The minimum Gasteiger partial charge on any atom is -0.381 e. The van der Waals surface area contributed by atoms with Crippen LogP contribution in [0.5, 0.6) is 0 Å². The Morgan fingerprint density at radius 3 is 2.76 bits per heavy atom. The van der Waals surface area contributed by atoms with E-state index in [1.54, 1.807) is 0 Å². The van der Waals surface area contributed by atoms with Gasteiger partial charge in [0.05, 0.1) is 0 Å². The van der Waals surface area contributed by atoms with Gasteiger partial charge in [0.25, 0.3) is 0 Å². The van der Waals surface area contributed by atoms with Gasteiger partial charge in [-0.2, -0.15) is 0 Å². The molecule has 4 nitrogen and oxygen atoms in total. The fourth-order valence-electron chi connectivity index (χ4n) is 2.61. The van der Waals surface area contributed by atoms with Crippen molar-refractivity contribution in [3.05, 3.63) is 0 Å². The van der Waals surface area contributed by atoms with Gasteiger partial charge < -0.3 is 15.4 Å². The first-order valence-electron chi connectivity index (χ1n) is 6.90. The molecular weight excluding hydrogens is 216 g/mol. The molecule has 0 aromatic rings. The van der Waals surface area contributed by atoms with Crippen LogP contribution in [0.25, 0.3) is 0 Å². The monoisotopic (exact) mass is 240 g/mol. The minimum atomic E-state index is 0.225. The Balaban J connectivity index is 1.53. The maximum atomic E-state index is 11.7. The topological polar surface area (TPSA) is 50.4 Å². The highest BCUT2D eigenvalue weighted by Crippen LogP contribution is 2.19. The molecule has 0 bridgehead atoms. The summed E-state index contributed by atoms with van der Waals surface area (Å²) in [5.74, 6) is 1.56. The summed E-state index contributed by atoms with van der Waals surface area (Å²) in [4.78, 5) is 11.7. The van der Waals surface area contributed by atoms with Gasteiger partial charge in [0.2, 0.25) is 5.91 Å². The minimum absolute atomic E-state index is 0.225. The van der Waals surface area contributed by atoms with Crippen LogP contribution in [-0.2, 0) is 9.53 Å². The summed E-state index contributed by atoms with van der Waals surface area (Å²) in [5.41, 5.74) is 0. The summed E-state index contributed by atoms with van der Waals surface area (Å²) in [6, 6.07) is 0. The van der Waals surface area contributed by atoms with E-state index >= 15 is 0 Å². The largest absolute Gasteiger partial charge is 0.381 e. The molecule has 2 N–H and O–H groups in total. The second-order valence-electron chi connectivity index (χ2n) is 5.26. The molecule has 4 heteroatoms. The third-order valence-corrected chi connectivity index (χ3v) is 3.87. The lowest BCUT2D eigenvalue weighted by Crippen LogP contribution is -2.30. The Bertz CT molecular complexity index is 234. The van der Waals surface area contributed by atoms with Crippen LogP contribution in [0.1, 0.15) is 32.1 Å². The summed E-state index contributed by atoms with van der Waals surface area (Å²) >= 11 is 0. The normalized spacial score (nSPS) is 26.0. The Labute approximate surface area is 103 Å². The Morgan fingerprint density at radius 2 is 2.06 bits per heavy atom. The molecule has 2 fully saturated rings. The van der Waals surface area contributed by atoms with Crippen molar-refractivity contribution in [1.29, 1.82) is 0 Å². The predicted molar refractivity (Wildman–Crippen MR) is 66.8 cm³/mol. The van der Waals surface area contributed by atoms with Gasteiger partial charge in [0, 0.05) is 26.2 Å². The molecule has 0 aromatic carbocycles. The van der Waals surface area contributed by atoms with E-state index in [4.69, 9.17) is 4.74 Å². The average Bonchev–Trinajstić information content (AvgIpc) is 2.88. The molecule has 2 rings (SSSR count). The SMILES string of the molecule is O=C(CCC1CCOCC1)NCC1CCNC1. The number of nitrogens with one attached hydrogen (secondary N) is 2. The smallest absolute Gasteiger partial charge is 0.220 e. The molecule has 2 heterocycles. The molecule has 17 heavy (non-hydrogen) atoms. The lowest BCUT2D eigenvalue weighted by Gasteiger charge is -2.21. The van der Waals surface area contributed by atoms with Gasteiger partial charge in [-0.25, -0.2) is 0 Å². The van der Waals surface area contributed by atoms with Gasteiger partial charge >= 0.3 is 0 Å². The highest BCUT2D eigenvalue weighted by atomic mass is 16.5. The van der Waals surface area contributed by atoms with Crippen LogP contribution >= 0.6 is 0 Å². The zero-order valence-corrected chi connectivity index (χ0v) is 10.5. The number of carbonyl (C=O) groups excluding carboxylic acids is 1. The van der Waals surface area contributed by atoms with E-state index in [1.165, 1.54) is 6.42 Å². The van der Waals surface area contributed by atoms with E-state index in [0.29, 0.717) is 18.3 Å². The van der Waals surface area contributed by atoms with Gasteiger partial charge in [-0.1, -0.05) is 0 Å². The third kappa shape index (κ3) is 4.64. The molecule has 2 aliphatic heterocycles. The maximum Gasteiger partial charge on any atom is 0.220 e. The molecule has 98 valence electrons. The van der Waals surface area contributed by atoms with Gasteiger partial charge in [-0.3, -0.25) is 4.79 Å². The van der Waals surface area contributed by atoms with Crippen LogP contribution in [0.2, 0.25) is 0 Å². The van der Waals surface area contributed by atoms with Crippen LogP contribution in [0.3, 0.4) is 0 Å². The Kier molecular flexibility index (Phi) is 5.26. The fraction of sp³-hybridized carbons (Fsp3) is 0.923. The summed E-state index contributed by atoms with van der Waals surface area (Å²) in [7, 11) is 0. The van der Waals surface area contributed by atoms with E-state index in [9.17, 15) is 4.79 Å². The Morgan fingerprint density at radius 1 is 1.24 bits per heavy atom. The number of hydrogen-bond donors (Lipinski definition) is 2. The first-order valence-corrected chi connectivity index (χ1v) is 6.90. The molecule has 0 aromatic heterocycles. The lowest BCUT2D eigenvalue weighted by molar-refractivity contribution is -0.121. The highest BCUT2D eigenvalue weighted by Gasteiger charge is 2.17. The van der Waals surface area contributed by atoms with Crippen molar-refractivity contribution in [2.45, 2.75) is 32.1 Å². The molecule has 1 amide bonds. The number of carbonyl (C=O) groups is 1. The van der Waals surface area contributed by atoms with Crippen LogP contribution in [0, 0.1) is 11.8 Å². The number of amides is 1. The van der Waals surface area contributed by atoms with Crippen LogP contribution in [0.15, 0.2) is 0 Å². The van der Waals surface area contributed by atoms with Crippen molar-refractivity contribution in [3.8, 4) is 0 Å². The summed E-state index contributed by atoms with van der Waals surface area (Å²) in [6.45, 7) is 4.75. The Hall–Kier alpha value is -0.610. The zero-order valence-electron chi connectivity index (χ0n) is 10.5. The molecule has 1 unspecified atom stereocenters. The van der Waals surface area contributed by atoms with E-state index in [2.05, 4.69) is 10.6 Å². The van der Waals surface area contributed by atoms with E-state index in [1.807, 2.05) is 0 Å². The summed E-state index contributed by atoms with van der Waals surface area (Å²) in [5, 5.41) is 6.37. The zero-order chi connectivity index (χ0) is 11.9.